The molecular weight excluding hydrogens is 242 g/mol. The minimum absolute atomic E-state index is 0.256. The molecule has 0 unspecified atom stereocenters. The lowest BCUT2D eigenvalue weighted by Crippen LogP contribution is -2.08. The van der Waals surface area contributed by atoms with Gasteiger partial charge < -0.3 is 15.2 Å². The highest BCUT2D eigenvalue weighted by molar-refractivity contribution is 6.33. The highest BCUT2D eigenvalue weighted by atomic mass is 35.5. The first kappa shape index (κ1) is 13.4. The molecule has 0 saturated carbocycles. The number of rotatable bonds is 4. The van der Waals surface area contributed by atoms with Gasteiger partial charge in [-0.15, -0.1) is 6.58 Å². The maximum atomic E-state index is 11.6. The van der Waals surface area contributed by atoms with Gasteiger partial charge in [0.25, 0.3) is 0 Å². The number of halogens is 1. The molecule has 0 bridgehead atoms. The third-order valence-corrected chi connectivity index (χ3v) is 2.64. The first-order valence-corrected chi connectivity index (χ1v) is 5.28. The van der Waals surface area contributed by atoms with E-state index in [1.807, 2.05) is 0 Å². The van der Waals surface area contributed by atoms with E-state index in [0.29, 0.717) is 28.4 Å². The molecule has 0 radical (unpaired) electrons. The predicted octanol–water partition coefficient (Wildman–Crippen LogP) is 2.45. The second kappa shape index (κ2) is 5.59. The molecule has 0 aliphatic carbocycles. The van der Waals surface area contributed by atoms with Crippen LogP contribution in [-0.2, 0) is 11.2 Å². The van der Waals surface area contributed by atoms with Gasteiger partial charge in [0.2, 0.25) is 0 Å². The number of methoxy groups -OCH3 is 2. The number of anilines is 1. The van der Waals surface area contributed by atoms with Crippen LogP contribution in [0.25, 0.3) is 0 Å². The fourth-order valence-electron chi connectivity index (χ4n) is 1.54. The Morgan fingerprint density at radius 2 is 2.24 bits per heavy atom. The number of benzene rings is 1. The molecule has 0 aromatic heterocycles. The molecule has 0 aliphatic rings. The van der Waals surface area contributed by atoms with Crippen molar-refractivity contribution >= 4 is 23.3 Å². The van der Waals surface area contributed by atoms with Crippen LogP contribution in [0.5, 0.6) is 5.75 Å². The second-order valence-corrected chi connectivity index (χ2v) is 3.72. The van der Waals surface area contributed by atoms with Crippen LogP contribution in [0.15, 0.2) is 18.7 Å². The van der Waals surface area contributed by atoms with Gasteiger partial charge in [-0.1, -0.05) is 17.7 Å². The summed E-state index contributed by atoms with van der Waals surface area (Å²) in [5.74, 6) is -0.146. The lowest BCUT2D eigenvalue weighted by Gasteiger charge is -2.15. The van der Waals surface area contributed by atoms with Crippen molar-refractivity contribution in [3.8, 4) is 5.75 Å². The van der Waals surface area contributed by atoms with E-state index in [-0.39, 0.29) is 5.56 Å². The zero-order valence-corrected chi connectivity index (χ0v) is 10.5. The number of esters is 1. The van der Waals surface area contributed by atoms with E-state index in [0.717, 1.165) is 0 Å². The molecule has 0 saturated heterocycles. The Balaban J connectivity index is 3.50. The van der Waals surface area contributed by atoms with Gasteiger partial charge in [0.15, 0.2) is 0 Å². The Morgan fingerprint density at radius 3 is 2.71 bits per heavy atom. The molecule has 2 N–H and O–H groups in total. The topological polar surface area (TPSA) is 61.6 Å². The van der Waals surface area contributed by atoms with Crippen LogP contribution in [0, 0.1) is 0 Å². The summed E-state index contributed by atoms with van der Waals surface area (Å²) in [5.41, 5.74) is 7.12. The molecular formula is C12H14ClNO3. The average molecular weight is 256 g/mol. The third-order valence-electron chi connectivity index (χ3n) is 2.33. The summed E-state index contributed by atoms with van der Waals surface area (Å²) in [5, 5.41) is 0.294. The van der Waals surface area contributed by atoms with Crippen molar-refractivity contribution in [3.63, 3.8) is 0 Å². The first-order valence-electron chi connectivity index (χ1n) is 4.90. The van der Waals surface area contributed by atoms with Crippen molar-refractivity contribution in [2.45, 2.75) is 6.42 Å². The maximum absolute atomic E-state index is 11.6. The van der Waals surface area contributed by atoms with Gasteiger partial charge in [-0.2, -0.15) is 0 Å². The van der Waals surface area contributed by atoms with Crippen molar-refractivity contribution < 1.29 is 14.3 Å². The number of nitrogen functional groups attached to an aromatic ring is 1. The fraction of sp³-hybridized carbons (Fsp3) is 0.250. The number of ether oxygens (including phenoxy) is 2. The standard InChI is InChI=1S/C12H14ClNO3/c1-4-5-7-10(14)9(13)6-8(11(7)16-2)12(15)17-3/h4,6H,1,5,14H2,2-3H3. The SMILES string of the molecule is C=CCc1c(N)c(Cl)cc(C(=O)OC)c1OC. The molecule has 0 spiro atoms. The van der Waals surface area contributed by atoms with Gasteiger partial charge in [0.1, 0.15) is 11.3 Å². The van der Waals surface area contributed by atoms with Crippen LogP contribution in [-0.4, -0.2) is 20.2 Å². The fourth-order valence-corrected chi connectivity index (χ4v) is 1.76. The summed E-state index contributed by atoms with van der Waals surface area (Å²) in [4.78, 5) is 11.6. The Bertz CT molecular complexity index is 458. The van der Waals surface area contributed by atoms with E-state index >= 15 is 0 Å². The van der Waals surface area contributed by atoms with Crippen molar-refractivity contribution in [1.82, 2.24) is 0 Å². The van der Waals surface area contributed by atoms with Crippen LogP contribution in [0.1, 0.15) is 15.9 Å². The van der Waals surface area contributed by atoms with Crippen molar-refractivity contribution in [2.75, 3.05) is 20.0 Å². The monoisotopic (exact) mass is 255 g/mol. The zero-order chi connectivity index (χ0) is 13.0. The summed E-state index contributed by atoms with van der Waals surface area (Å²) < 4.78 is 9.86. The van der Waals surface area contributed by atoms with Crippen LogP contribution in [0.4, 0.5) is 5.69 Å². The summed E-state index contributed by atoms with van der Waals surface area (Å²) in [6.45, 7) is 3.63. The number of carbonyl (C=O) groups excluding carboxylic acids is 1. The normalized spacial score (nSPS) is 9.82. The molecule has 0 aliphatic heterocycles. The van der Waals surface area contributed by atoms with Gasteiger partial charge in [-0.3, -0.25) is 0 Å². The summed E-state index contributed by atoms with van der Waals surface area (Å²) >= 11 is 5.96. The lowest BCUT2D eigenvalue weighted by atomic mass is 10.0. The van der Waals surface area contributed by atoms with Crippen LogP contribution < -0.4 is 10.5 Å². The van der Waals surface area contributed by atoms with E-state index in [2.05, 4.69) is 11.3 Å². The third kappa shape index (κ3) is 2.53. The Hall–Kier alpha value is -1.68. The smallest absolute Gasteiger partial charge is 0.341 e. The van der Waals surface area contributed by atoms with E-state index < -0.39 is 5.97 Å². The van der Waals surface area contributed by atoms with Crippen LogP contribution in [0.2, 0.25) is 5.02 Å². The van der Waals surface area contributed by atoms with E-state index in [4.69, 9.17) is 22.1 Å². The molecule has 1 rings (SSSR count). The molecule has 4 nitrogen and oxygen atoms in total. The number of nitrogens with two attached hydrogens (primary N) is 1. The predicted molar refractivity (Wildman–Crippen MR) is 67.7 cm³/mol. The summed E-state index contributed by atoms with van der Waals surface area (Å²) in [7, 11) is 2.75. The molecule has 17 heavy (non-hydrogen) atoms. The minimum atomic E-state index is -0.519. The van der Waals surface area contributed by atoms with Crippen molar-refractivity contribution in [2.24, 2.45) is 0 Å². The van der Waals surface area contributed by atoms with Crippen molar-refractivity contribution in [3.05, 3.63) is 34.9 Å². The highest BCUT2D eigenvalue weighted by Crippen LogP contribution is 2.35. The van der Waals surface area contributed by atoms with Gasteiger partial charge in [0.05, 0.1) is 24.9 Å². The summed E-state index contributed by atoms with van der Waals surface area (Å²) in [6.07, 6.45) is 2.12. The molecule has 5 heteroatoms. The zero-order valence-electron chi connectivity index (χ0n) is 9.75. The van der Waals surface area contributed by atoms with Gasteiger partial charge >= 0.3 is 5.97 Å². The highest BCUT2D eigenvalue weighted by Gasteiger charge is 2.20. The van der Waals surface area contributed by atoms with Crippen LogP contribution in [0.3, 0.4) is 0 Å². The molecule has 1 aromatic rings. The van der Waals surface area contributed by atoms with Crippen LogP contribution >= 0.6 is 11.6 Å². The molecule has 92 valence electrons. The maximum Gasteiger partial charge on any atom is 0.341 e. The van der Waals surface area contributed by atoms with E-state index in [9.17, 15) is 4.79 Å². The van der Waals surface area contributed by atoms with E-state index in [1.165, 1.54) is 20.3 Å². The number of hydrogen-bond donors (Lipinski definition) is 1. The number of allylic oxidation sites excluding steroid dienone is 1. The quantitative estimate of drug-likeness (QED) is 0.510. The van der Waals surface area contributed by atoms with Crippen molar-refractivity contribution in [1.29, 1.82) is 0 Å². The Labute approximate surface area is 105 Å². The Morgan fingerprint density at radius 1 is 1.59 bits per heavy atom. The molecule has 1 aromatic carbocycles. The number of hydrogen-bond acceptors (Lipinski definition) is 4. The minimum Gasteiger partial charge on any atom is -0.495 e. The molecule has 0 fully saturated rings. The molecule has 0 amide bonds. The second-order valence-electron chi connectivity index (χ2n) is 3.32. The lowest BCUT2D eigenvalue weighted by molar-refractivity contribution is 0.0597. The average Bonchev–Trinajstić information content (AvgIpc) is 2.33. The largest absolute Gasteiger partial charge is 0.495 e. The number of carbonyl (C=O) groups is 1. The van der Waals surface area contributed by atoms with Gasteiger partial charge in [0, 0.05) is 5.56 Å². The van der Waals surface area contributed by atoms with E-state index in [1.54, 1.807) is 6.08 Å². The van der Waals surface area contributed by atoms with Gasteiger partial charge in [-0.25, -0.2) is 4.79 Å². The first-order chi connectivity index (χ1) is 8.06. The Kier molecular flexibility index (Phi) is 4.40. The van der Waals surface area contributed by atoms with Gasteiger partial charge in [-0.05, 0) is 12.5 Å². The molecule has 0 heterocycles. The molecule has 0 atom stereocenters. The summed E-state index contributed by atoms with van der Waals surface area (Å²) in [6, 6.07) is 1.44.